The van der Waals surface area contributed by atoms with Gasteiger partial charge in [-0.15, -0.1) is 0 Å². The molecular formula is C16H17ClNO2+. The second-order valence-electron chi connectivity index (χ2n) is 4.77. The first kappa shape index (κ1) is 13.3. The molecule has 0 aromatic heterocycles. The Morgan fingerprint density at radius 2 is 1.75 bits per heavy atom. The summed E-state index contributed by atoms with van der Waals surface area (Å²) < 4.78 is 11.1. The van der Waals surface area contributed by atoms with E-state index in [1.165, 1.54) is 5.56 Å². The Hall–Kier alpha value is -1.71. The van der Waals surface area contributed by atoms with E-state index in [-0.39, 0.29) is 0 Å². The van der Waals surface area contributed by atoms with Crippen LogP contribution in [-0.4, -0.2) is 13.2 Å². The quantitative estimate of drug-likeness (QED) is 0.938. The van der Waals surface area contributed by atoms with E-state index in [1.54, 1.807) is 0 Å². The molecule has 4 heteroatoms. The largest absolute Gasteiger partial charge is 0.486 e. The van der Waals surface area contributed by atoms with Crippen LogP contribution in [0.3, 0.4) is 0 Å². The molecule has 1 aliphatic heterocycles. The molecule has 0 amide bonds. The van der Waals surface area contributed by atoms with Gasteiger partial charge in [0.1, 0.15) is 26.3 Å². The molecule has 3 rings (SSSR count). The molecule has 2 N–H and O–H groups in total. The van der Waals surface area contributed by atoms with Crippen molar-refractivity contribution in [3.05, 3.63) is 58.6 Å². The molecule has 0 bridgehead atoms. The molecule has 0 unspecified atom stereocenters. The Morgan fingerprint density at radius 3 is 2.60 bits per heavy atom. The molecule has 0 saturated heterocycles. The number of ether oxygens (including phenoxy) is 2. The fourth-order valence-corrected chi connectivity index (χ4v) is 2.49. The van der Waals surface area contributed by atoms with Gasteiger partial charge in [-0.25, -0.2) is 0 Å². The van der Waals surface area contributed by atoms with Crippen LogP contribution in [-0.2, 0) is 13.1 Å². The number of rotatable bonds is 4. The van der Waals surface area contributed by atoms with E-state index in [2.05, 4.69) is 23.5 Å². The summed E-state index contributed by atoms with van der Waals surface area (Å²) >= 11 is 6.14. The first-order valence-electron chi connectivity index (χ1n) is 6.76. The Labute approximate surface area is 123 Å². The maximum atomic E-state index is 6.14. The van der Waals surface area contributed by atoms with Crippen LogP contribution in [0.4, 0.5) is 0 Å². The van der Waals surface area contributed by atoms with Gasteiger partial charge in [0, 0.05) is 16.1 Å². The Morgan fingerprint density at radius 1 is 0.950 bits per heavy atom. The van der Waals surface area contributed by atoms with Crippen molar-refractivity contribution < 1.29 is 14.8 Å². The molecule has 2 aromatic rings. The molecule has 1 heterocycles. The molecule has 0 spiro atoms. The Kier molecular flexibility index (Phi) is 4.09. The number of fused-ring (bicyclic) bond motifs is 1. The maximum Gasteiger partial charge on any atom is 0.161 e. The van der Waals surface area contributed by atoms with Crippen LogP contribution in [0.1, 0.15) is 11.1 Å². The summed E-state index contributed by atoms with van der Waals surface area (Å²) in [6.45, 7) is 3.01. The Balaban J connectivity index is 1.60. The highest BCUT2D eigenvalue weighted by atomic mass is 35.5. The number of hydrogen-bond acceptors (Lipinski definition) is 2. The molecular weight excluding hydrogens is 274 g/mol. The number of quaternary nitrogens is 1. The molecule has 0 radical (unpaired) electrons. The van der Waals surface area contributed by atoms with E-state index in [9.17, 15) is 0 Å². The Bertz CT molecular complexity index is 601. The van der Waals surface area contributed by atoms with Crippen molar-refractivity contribution in [2.45, 2.75) is 13.1 Å². The van der Waals surface area contributed by atoms with Crippen LogP contribution in [0.15, 0.2) is 42.5 Å². The summed E-state index contributed by atoms with van der Waals surface area (Å²) in [7, 11) is 0. The molecule has 0 fully saturated rings. The molecule has 0 atom stereocenters. The van der Waals surface area contributed by atoms with Crippen molar-refractivity contribution in [1.82, 2.24) is 0 Å². The van der Waals surface area contributed by atoms with Gasteiger partial charge >= 0.3 is 0 Å². The van der Waals surface area contributed by atoms with E-state index < -0.39 is 0 Å². The van der Waals surface area contributed by atoms with Crippen molar-refractivity contribution in [1.29, 1.82) is 0 Å². The molecule has 0 aliphatic carbocycles. The van der Waals surface area contributed by atoms with Gasteiger partial charge in [0.05, 0.1) is 0 Å². The SMILES string of the molecule is Clc1ccccc1C[NH2+]Cc1ccc2c(c1)OCCO2. The van der Waals surface area contributed by atoms with Gasteiger partial charge in [0.25, 0.3) is 0 Å². The van der Waals surface area contributed by atoms with E-state index in [1.807, 2.05) is 24.3 Å². The minimum atomic E-state index is 0.625. The average molecular weight is 291 g/mol. The predicted molar refractivity (Wildman–Crippen MR) is 78.2 cm³/mol. The van der Waals surface area contributed by atoms with Gasteiger partial charge in [0.15, 0.2) is 11.5 Å². The molecule has 3 nitrogen and oxygen atoms in total. The van der Waals surface area contributed by atoms with Crippen molar-refractivity contribution in [2.75, 3.05) is 13.2 Å². The number of halogens is 1. The van der Waals surface area contributed by atoms with Crippen LogP contribution in [0.25, 0.3) is 0 Å². The van der Waals surface area contributed by atoms with Crippen LogP contribution in [0, 0.1) is 0 Å². The highest BCUT2D eigenvalue weighted by Gasteiger charge is 2.12. The lowest BCUT2D eigenvalue weighted by Gasteiger charge is -2.18. The lowest BCUT2D eigenvalue weighted by atomic mass is 10.1. The van der Waals surface area contributed by atoms with Gasteiger partial charge < -0.3 is 14.8 Å². The second kappa shape index (κ2) is 6.16. The van der Waals surface area contributed by atoms with Crippen LogP contribution in [0.5, 0.6) is 11.5 Å². The maximum absolute atomic E-state index is 6.14. The van der Waals surface area contributed by atoms with Crippen molar-refractivity contribution in [3.63, 3.8) is 0 Å². The third-order valence-corrected chi connectivity index (χ3v) is 3.68. The van der Waals surface area contributed by atoms with E-state index in [0.29, 0.717) is 13.2 Å². The topological polar surface area (TPSA) is 35.1 Å². The number of nitrogens with two attached hydrogens (primary N) is 1. The molecule has 0 saturated carbocycles. The first-order chi connectivity index (χ1) is 9.83. The number of hydrogen-bond donors (Lipinski definition) is 1. The third-order valence-electron chi connectivity index (χ3n) is 3.31. The van der Waals surface area contributed by atoms with Gasteiger partial charge in [0.2, 0.25) is 0 Å². The van der Waals surface area contributed by atoms with Gasteiger partial charge in [-0.1, -0.05) is 29.8 Å². The van der Waals surface area contributed by atoms with Crippen LogP contribution in [0.2, 0.25) is 5.02 Å². The van der Waals surface area contributed by atoms with Crippen molar-refractivity contribution >= 4 is 11.6 Å². The molecule has 104 valence electrons. The molecule has 2 aromatic carbocycles. The highest BCUT2D eigenvalue weighted by Crippen LogP contribution is 2.30. The zero-order valence-electron chi connectivity index (χ0n) is 11.1. The monoisotopic (exact) mass is 290 g/mol. The summed E-state index contributed by atoms with van der Waals surface area (Å²) in [5, 5.41) is 3.05. The van der Waals surface area contributed by atoms with Gasteiger partial charge in [-0.05, 0) is 24.3 Å². The zero-order chi connectivity index (χ0) is 13.8. The fraction of sp³-hybridized carbons (Fsp3) is 0.250. The minimum absolute atomic E-state index is 0.625. The molecule has 20 heavy (non-hydrogen) atoms. The van der Waals surface area contributed by atoms with Crippen molar-refractivity contribution in [3.8, 4) is 11.5 Å². The average Bonchev–Trinajstić information content (AvgIpc) is 2.49. The van der Waals surface area contributed by atoms with Crippen molar-refractivity contribution in [2.24, 2.45) is 0 Å². The lowest BCUT2D eigenvalue weighted by Crippen LogP contribution is -2.80. The summed E-state index contributed by atoms with van der Waals surface area (Å²) in [6, 6.07) is 14.1. The van der Waals surface area contributed by atoms with E-state index in [4.69, 9.17) is 21.1 Å². The fourth-order valence-electron chi connectivity index (χ4n) is 2.27. The lowest BCUT2D eigenvalue weighted by molar-refractivity contribution is -0.686. The van der Waals surface area contributed by atoms with Crippen LogP contribution >= 0.6 is 11.6 Å². The first-order valence-corrected chi connectivity index (χ1v) is 7.14. The summed E-state index contributed by atoms with van der Waals surface area (Å²) in [5.74, 6) is 1.69. The summed E-state index contributed by atoms with van der Waals surface area (Å²) in [4.78, 5) is 0. The van der Waals surface area contributed by atoms with Gasteiger partial charge in [-0.3, -0.25) is 0 Å². The van der Waals surface area contributed by atoms with E-state index >= 15 is 0 Å². The smallest absolute Gasteiger partial charge is 0.161 e. The highest BCUT2D eigenvalue weighted by molar-refractivity contribution is 6.31. The van der Waals surface area contributed by atoms with E-state index in [0.717, 1.165) is 35.2 Å². The predicted octanol–water partition coefficient (Wildman–Crippen LogP) is 2.37. The third kappa shape index (κ3) is 3.06. The second-order valence-corrected chi connectivity index (χ2v) is 5.17. The summed E-state index contributed by atoms with van der Waals surface area (Å²) in [5.41, 5.74) is 2.38. The standard InChI is InChI=1S/C16H16ClNO2/c17-14-4-2-1-3-13(14)11-18-10-12-5-6-15-16(9-12)20-8-7-19-15/h1-6,9,18H,7-8,10-11H2/p+1. The van der Waals surface area contributed by atoms with Gasteiger partial charge in [-0.2, -0.15) is 0 Å². The van der Waals surface area contributed by atoms with Crippen LogP contribution < -0.4 is 14.8 Å². The molecule has 1 aliphatic rings. The number of benzene rings is 2. The zero-order valence-corrected chi connectivity index (χ0v) is 11.9. The normalized spacial score (nSPS) is 13.2. The minimum Gasteiger partial charge on any atom is -0.486 e. The summed E-state index contributed by atoms with van der Waals surface area (Å²) in [6.07, 6.45) is 0.